The third-order valence-electron chi connectivity index (χ3n) is 2.76. The Morgan fingerprint density at radius 1 is 1.38 bits per heavy atom. The van der Waals surface area contributed by atoms with Gasteiger partial charge in [-0.3, -0.25) is 14.9 Å². The van der Waals surface area contributed by atoms with Crippen LogP contribution in [0.1, 0.15) is 17.8 Å². The van der Waals surface area contributed by atoms with E-state index in [4.69, 9.17) is 0 Å². The standard InChI is InChI=1S/C14H14N2O3S2/c1-10(13-3-2-8-20-13)15-14(17)9-21-12-6-4-11(5-7-12)16(18)19/h2-8,10H,9H2,1H3,(H,15,17). The maximum absolute atomic E-state index is 11.9. The summed E-state index contributed by atoms with van der Waals surface area (Å²) in [4.78, 5) is 23.9. The Balaban J connectivity index is 1.82. The van der Waals surface area contributed by atoms with Crippen LogP contribution in [0.5, 0.6) is 0 Å². The average molecular weight is 322 g/mol. The number of thiophene rings is 1. The minimum absolute atomic E-state index is 0.00467. The predicted octanol–water partition coefficient (Wildman–Crippen LogP) is 3.63. The molecule has 0 saturated heterocycles. The highest BCUT2D eigenvalue weighted by atomic mass is 32.2. The summed E-state index contributed by atoms with van der Waals surface area (Å²) in [5.41, 5.74) is 0.0510. The number of non-ortho nitro benzene ring substituents is 1. The second-order valence-corrected chi connectivity index (χ2v) is 6.37. The molecule has 1 atom stereocenters. The zero-order valence-electron chi connectivity index (χ0n) is 11.3. The van der Waals surface area contributed by atoms with E-state index in [1.165, 1.54) is 23.9 Å². The first-order chi connectivity index (χ1) is 10.1. The number of carbonyl (C=O) groups excluding carboxylic acids is 1. The number of hydrogen-bond acceptors (Lipinski definition) is 5. The molecular weight excluding hydrogens is 308 g/mol. The first kappa shape index (κ1) is 15.5. The molecule has 0 saturated carbocycles. The Hall–Kier alpha value is -1.86. The number of carbonyl (C=O) groups is 1. The van der Waals surface area contributed by atoms with E-state index in [9.17, 15) is 14.9 Å². The van der Waals surface area contributed by atoms with Gasteiger partial charge in [0.15, 0.2) is 0 Å². The van der Waals surface area contributed by atoms with Gasteiger partial charge in [0.2, 0.25) is 5.91 Å². The maximum atomic E-state index is 11.9. The molecular formula is C14H14N2O3S2. The summed E-state index contributed by atoms with van der Waals surface area (Å²) in [5.74, 6) is 0.229. The third-order valence-corrected chi connectivity index (χ3v) is 4.83. The SMILES string of the molecule is CC(NC(=O)CSc1ccc([N+](=O)[O-])cc1)c1cccs1. The summed E-state index contributed by atoms with van der Waals surface area (Å²) in [7, 11) is 0. The molecule has 1 unspecified atom stereocenters. The lowest BCUT2D eigenvalue weighted by Gasteiger charge is -2.11. The normalized spacial score (nSPS) is 11.9. The molecule has 0 radical (unpaired) electrons. The molecule has 2 aromatic rings. The Kier molecular flexibility index (Phi) is 5.35. The number of thioether (sulfide) groups is 1. The van der Waals surface area contributed by atoms with E-state index >= 15 is 0 Å². The predicted molar refractivity (Wildman–Crippen MR) is 84.7 cm³/mol. The van der Waals surface area contributed by atoms with Gasteiger partial charge in [0.1, 0.15) is 0 Å². The van der Waals surface area contributed by atoms with Crippen LogP contribution in [-0.2, 0) is 4.79 Å². The highest BCUT2D eigenvalue weighted by molar-refractivity contribution is 8.00. The van der Waals surface area contributed by atoms with E-state index in [0.717, 1.165) is 9.77 Å². The van der Waals surface area contributed by atoms with Gasteiger partial charge in [0.05, 0.1) is 16.7 Å². The zero-order valence-corrected chi connectivity index (χ0v) is 12.9. The summed E-state index contributed by atoms with van der Waals surface area (Å²) in [5, 5.41) is 15.4. The molecule has 21 heavy (non-hydrogen) atoms. The van der Waals surface area contributed by atoms with Crippen molar-refractivity contribution in [3.63, 3.8) is 0 Å². The smallest absolute Gasteiger partial charge is 0.269 e. The quantitative estimate of drug-likeness (QED) is 0.501. The third kappa shape index (κ3) is 4.57. The zero-order chi connectivity index (χ0) is 15.2. The fourth-order valence-electron chi connectivity index (χ4n) is 1.70. The molecule has 7 heteroatoms. The van der Waals surface area contributed by atoms with E-state index in [2.05, 4.69) is 5.32 Å². The highest BCUT2D eigenvalue weighted by Crippen LogP contribution is 2.22. The average Bonchev–Trinajstić information content (AvgIpc) is 3.00. The van der Waals surface area contributed by atoms with E-state index < -0.39 is 4.92 Å². The van der Waals surface area contributed by atoms with Gasteiger partial charge in [-0.25, -0.2) is 0 Å². The van der Waals surface area contributed by atoms with Crippen LogP contribution >= 0.6 is 23.1 Å². The Morgan fingerprint density at radius 2 is 2.10 bits per heavy atom. The molecule has 0 spiro atoms. The van der Waals surface area contributed by atoms with Crippen molar-refractivity contribution in [3.05, 3.63) is 56.8 Å². The number of nitrogens with zero attached hydrogens (tertiary/aromatic N) is 1. The first-order valence-electron chi connectivity index (χ1n) is 6.26. The van der Waals surface area contributed by atoms with Crippen LogP contribution in [0, 0.1) is 10.1 Å². The summed E-state index contributed by atoms with van der Waals surface area (Å²) in [6, 6.07) is 10.1. The van der Waals surface area contributed by atoms with E-state index in [1.807, 2.05) is 24.4 Å². The lowest BCUT2D eigenvalue weighted by molar-refractivity contribution is -0.384. The maximum Gasteiger partial charge on any atom is 0.269 e. The van der Waals surface area contributed by atoms with Crippen LogP contribution in [0.2, 0.25) is 0 Å². The van der Waals surface area contributed by atoms with Crippen LogP contribution in [0.15, 0.2) is 46.7 Å². The lowest BCUT2D eigenvalue weighted by Crippen LogP contribution is -2.27. The fourth-order valence-corrected chi connectivity index (χ4v) is 3.15. The van der Waals surface area contributed by atoms with Crippen LogP contribution < -0.4 is 5.32 Å². The minimum Gasteiger partial charge on any atom is -0.348 e. The monoisotopic (exact) mass is 322 g/mol. The molecule has 5 nitrogen and oxygen atoms in total. The van der Waals surface area contributed by atoms with Crippen LogP contribution in [-0.4, -0.2) is 16.6 Å². The van der Waals surface area contributed by atoms with Gasteiger partial charge in [-0.1, -0.05) is 6.07 Å². The van der Waals surface area contributed by atoms with Crippen molar-refractivity contribution < 1.29 is 9.72 Å². The number of hydrogen-bond donors (Lipinski definition) is 1. The Labute approximate surface area is 130 Å². The van der Waals surface area contributed by atoms with Crippen molar-refractivity contribution in [2.45, 2.75) is 17.9 Å². The molecule has 0 aliphatic carbocycles. The van der Waals surface area contributed by atoms with E-state index in [1.54, 1.807) is 23.5 Å². The molecule has 1 aromatic carbocycles. The number of nitro benzene ring substituents is 1. The summed E-state index contributed by atoms with van der Waals surface area (Å²) in [6.45, 7) is 1.94. The molecule has 1 heterocycles. The number of rotatable bonds is 6. The van der Waals surface area contributed by atoms with Crippen molar-refractivity contribution in [2.24, 2.45) is 0 Å². The molecule has 0 fully saturated rings. The molecule has 2 rings (SSSR count). The van der Waals surface area contributed by atoms with E-state index in [-0.39, 0.29) is 23.4 Å². The highest BCUT2D eigenvalue weighted by Gasteiger charge is 2.11. The second kappa shape index (κ2) is 7.24. The molecule has 0 aliphatic rings. The van der Waals surface area contributed by atoms with Gasteiger partial charge in [0.25, 0.3) is 5.69 Å². The van der Waals surface area contributed by atoms with Gasteiger partial charge < -0.3 is 5.32 Å². The number of nitrogens with one attached hydrogen (secondary N) is 1. The molecule has 0 aliphatic heterocycles. The van der Waals surface area contributed by atoms with Gasteiger partial charge in [-0.05, 0) is 30.5 Å². The second-order valence-electron chi connectivity index (χ2n) is 4.34. The lowest BCUT2D eigenvalue weighted by atomic mass is 10.3. The van der Waals surface area contributed by atoms with Crippen molar-refractivity contribution in [1.82, 2.24) is 5.32 Å². The van der Waals surface area contributed by atoms with Crippen molar-refractivity contribution in [1.29, 1.82) is 0 Å². The Bertz CT molecular complexity index is 612. The largest absolute Gasteiger partial charge is 0.348 e. The van der Waals surface area contributed by atoms with Crippen LogP contribution in [0.25, 0.3) is 0 Å². The summed E-state index contributed by atoms with van der Waals surface area (Å²) < 4.78 is 0. The molecule has 0 bridgehead atoms. The summed E-state index contributed by atoms with van der Waals surface area (Å²) >= 11 is 2.96. The molecule has 110 valence electrons. The van der Waals surface area contributed by atoms with Crippen LogP contribution in [0.4, 0.5) is 5.69 Å². The number of nitro groups is 1. The van der Waals surface area contributed by atoms with Gasteiger partial charge in [-0.2, -0.15) is 0 Å². The minimum atomic E-state index is -0.441. The molecule has 1 aromatic heterocycles. The molecule has 1 amide bonds. The van der Waals surface area contributed by atoms with Crippen molar-refractivity contribution >= 4 is 34.7 Å². The van der Waals surface area contributed by atoms with Crippen molar-refractivity contribution in [3.8, 4) is 0 Å². The molecule has 1 N–H and O–H groups in total. The van der Waals surface area contributed by atoms with Gasteiger partial charge in [0, 0.05) is 21.9 Å². The summed E-state index contributed by atoms with van der Waals surface area (Å²) in [6.07, 6.45) is 0. The number of amides is 1. The van der Waals surface area contributed by atoms with Gasteiger partial charge in [-0.15, -0.1) is 23.1 Å². The van der Waals surface area contributed by atoms with Crippen LogP contribution in [0.3, 0.4) is 0 Å². The first-order valence-corrected chi connectivity index (χ1v) is 8.13. The number of benzene rings is 1. The van der Waals surface area contributed by atoms with Crippen molar-refractivity contribution in [2.75, 3.05) is 5.75 Å². The topological polar surface area (TPSA) is 72.2 Å². The van der Waals surface area contributed by atoms with Gasteiger partial charge >= 0.3 is 0 Å². The fraction of sp³-hybridized carbons (Fsp3) is 0.214. The Morgan fingerprint density at radius 3 is 2.67 bits per heavy atom. The van der Waals surface area contributed by atoms with E-state index in [0.29, 0.717) is 0 Å².